The number of hydrogen-bond acceptors (Lipinski definition) is 2. The molecule has 0 aromatic heterocycles. The highest BCUT2D eigenvalue weighted by molar-refractivity contribution is 5.61. The molecule has 5 heteroatoms. The molecular formula is C16H16F3NO. The number of rotatable bonds is 6. The molecule has 1 aliphatic carbocycles. The third-order valence-electron chi connectivity index (χ3n) is 2.63. The van der Waals surface area contributed by atoms with Crippen LogP contribution in [0.3, 0.4) is 0 Å². The Labute approximate surface area is 121 Å². The number of carbonyl (C=O) groups excluding carboxylic acids is 1. The Balaban J connectivity index is 3.09. The predicted molar refractivity (Wildman–Crippen MR) is 77.2 cm³/mol. The van der Waals surface area contributed by atoms with E-state index in [1.807, 2.05) is 0 Å². The average molecular weight is 295 g/mol. The molecule has 0 aliphatic heterocycles. The Morgan fingerprint density at radius 3 is 2.81 bits per heavy atom. The third-order valence-corrected chi connectivity index (χ3v) is 2.63. The molecule has 1 N–H and O–H groups in total. The molecule has 1 aliphatic rings. The highest BCUT2D eigenvalue weighted by atomic mass is 19.2. The second-order valence-electron chi connectivity index (χ2n) is 4.22. The summed E-state index contributed by atoms with van der Waals surface area (Å²) in [6, 6.07) is 0. The van der Waals surface area contributed by atoms with Crippen LogP contribution in [-0.4, -0.2) is 13.0 Å². The molecule has 0 saturated heterocycles. The minimum Gasteiger partial charge on any atom is -0.354 e. The van der Waals surface area contributed by atoms with Gasteiger partial charge in [-0.05, 0) is 12.2 Å². The number of hydrogen-bond donors (Lipinski definition) is 1. The standard InChI is InChI=1S/C16H16F3NO/c1-2-3-4-7-13(10-17)20-15-9-12(11-21)6-5-8-14(18)16(15)19/h2-7,9,11-12,20H,1,8,10H2/b4-3-,6-5-,13-7+,15-9-,16-14-. The van der Waals surface area contributed by atoms with Crippen molar-refractivity contribution >= 4 is 6.29 Å². The van der Waals surface area contributed by atoms with E-state index in [1.165, 1.54) is 36.5 Å². The van der Waals surface area contributed by atoms with E-state index in [0.29, 0.717) is 6.29 Å². The lowest BCUT2D eigenvalue weighted by atomic mass is 10.0. The minimum absolute atomic E-state index is 0.0384. The quantitative estimate of drug-likeness (QED) is 0.456. The minimum atomic E-state index is -1.13. The van der Waals surface area contributed by atoms with Crippen LogP contribution >= 0.6 is 0 Å². The van der Waals surface area contributed by atoms with Crippen LogP contribution in [0, 0.1) is 5.92 Å². The summed E-state index contributed by atoms with van der Waals surface area (Å²) in [5.41, 5.74) is -0.221. The Bertz CT molecular complexity index is 542. The van der Waals surface area contributed by atoms with Gasteiger partial charge >= 0.3 is 0 Å². The normalized spacial score (nSPS) is 27.5. The summed E-state index contributed by atoms with van der Waals surface area (Å²) in [4.78, 5) is 10.9. The van der Waals surface area contributed by atoms with Crippen LogP contribution in [0.5, 0.6) is 0 Å². The molecule has 0 bridgehead atoms. The summed E-state index contributed by atoms with van der Waals surface area (Å²) < 4.78 is 40.3. The topological polar surface area (TPSA) is 29.1 Å². The van der Waals surface area contributed by atoms with E-state index in [1.54, 1.807) is 6.08 Å². The maximum atomic E-state index is 13.9. The smallest absolute Gasteiger partial charge is 0.177 e. The monoisotopic (exact) mass is 295 g/mol. The van der Waals surface area contributed by atoms with Gasteiger partial charge in [0, 0.05) is 12.1 Å². The fraction of sp³-hybridized carbons (Fsp3) is 0.188. The van der Waals surface area contributed by atoms with E-state index in [0.717, 1.165) is 0 Å². The zero-order chi connectivity index (χ0) is 15.7. The van der Waals surface area contributed by atoms with Crippen LogP contribution in [0.25, 0.3) is 0 Å². The zero-order valence-electron chi connectivity index (χ0n) is 11.4. The second kappa shape index (κ2) is 8.79. The van der Waals surface area contributed by atoms with Crippen molar-refractivity contribution in [3.63, 3.8) is 0 Å². The van der Waals surface area contributed by atoms with Gasteiger partial charge in [0.2, 0.25) is 0 Å². The van der Waals surface area contributed by atoms with Gasteiger partial charge in [0.15, 0.2) is 5.83 Å². The van der Waals surface area contributed by atoms with Crippen molar-refractivity contribution in [2.24, 2.45) is 5.92 Å². The Kier molecular flexibility index (Phi) is 7.01. The van der Waals surface area contributed by atoms with E-state index < -0.39 is 24.2 Å². The van der Waals surface area contributed by atoms with E-state index in [-0.39, 0.29) is 17.8 Å². The van der Waals surface area contributed by atoms with Crippen molar-refractivity contribution in [1.29, 1.82) is 0 Å². The first kappa shape index (κ1) is 16.8. The van der Waals surface area contributed by atoms with Crippen LogP contribution in [0.1, 0.15) is 6.42 Å². The fourth-order valence-electron chi connectivity index (χ4n) is 1.61. The number of carbonyl (C=O) groups is 1. The molecule has 112 valence electrons. The molecule has 21 heavy (non-hydrogen) atoms. The van der Waals surface area contributed by atoms with Gasteiger partial charge in [-0.3, -0.25) is 0 Å². The van der Waals surface area contributed by atoms with Crippen molar-refractivity contribution in [2.45, 2.75) is 6.42 Å². The van der Waals surface area contributed by atoms with Gasteiger partial charge < -0.3 is 10.1 Å². The van der Waals surface area contributed by atoms with E-state index >= 15 is 0 Å². The molecule has 0 saturated carbocycles. The van der Waals surface area contributed by atoms with Gasteiger partial charge in [0.25, 0.3) is 0 Å². The summed E-state index contributed by atoms with van der Waals surface area (Å²) in [5.74, 6) is -2.80. The molecule has 1 unspecified atom stereocenters. The first-order valence-corrected chi connectivity index (χ1v) is 6.32. The number of alkyl halides is 1. The largest absolute Gasteiger partial charge is 0.354 e. The van der Waals surface area contributed by atoms with Gasteiger partial charge in [-0.15, -0.1) is 0 Å². The lowest BCUT2D eigenvalue weighted by Gasteiger charge is -2.14. The SMILES string of the molecule is C=C/C=C\C=C(/CF)NC1=C\C(C=O)/C=C\C/C(F)=C\1F. The molecule has 1 atom stereocenters. The summed E-state index contributed by atoms with van der Waals surface area (Å²) in [7, 11) is 0. The first-order chi connectivity index (χ1) is 10.1. The van der Waals surface area contributed by atoms with Crippen molar-refractivity contribution in [2.75, 3.05) is 6.67 Å². The van der Waals surface area contributed by atoms with E-state index in [4.69, 9.17) is 0 Å². The fourth-order valence-corrected chi connectivity index (χ4v) is 1.61. The molecular weight excluding hydrogens is 279 g/mol. The number of allylic oxidation sites excluding steroid dienone is 10. The van der Waals surface area contributed by atoms with Gasteiger partial charge in [0.1, 0.15) is 18.8 Å². The van der Waals surface area contributed by atoms with Crippen LogP contribution in [0.2, 0.25) is 0 Å². The maximum Gasteiger partial charge on any atom is 0.177 e. The van der Waals surface area contributed by atoms with Crippen molar-refractivity contribution in [3.8, 4) is 0 Å². The number of halogens is 3. The second-order valence-corrected chi connectivity index (χ2v) is 4.22. The molecule has 0 amide bonds. The Morgan fingerprint density at radius 2 is 2.19 bits per heavy atom. The Morgan fingerprint density at radius 1 is 1.43 bits per heavy atom. The van der Waals surface area contributed by atoms with Gasteiger partial charge in [-0.1, -0.05) is 37.0 Å². The van der Waals surface area contributed by atoms with Crippen molar-refractivity contribution in [3.05, 3.63) is 72.2 Å². The van der Waals surface area contributed by atoms with Crippen LogP contribution in [0.15, 0.2) is 72.2 Å². The maximum absolute atomic E-state index is 13.9. The van der Waals surface area contributed by atoms with Gasteiger partial charge in [0.05, 0.1) is 11.6 Å². The van der Waals surface area contributed by atoms with Gasteiger partial charge in [-0.25, -0.2) is 13.2 Å². The van der Waals surface area contributed by atoms with Crippen LogP contribution < -0.4 is 5.32 Å². The molecule has 0 fully saturated rings. The Hall–Kier alpha value is -2.30. The summed E-state index contributed by atoms with van der Waals surface area (Å²) >= 11 is 0. The van der Waals surface area contributed by atoms with E-state index in [2.05, 4.69) is 11.9 Å². The molecule has 0 spiro atoms. The predicted octanol–water partition coefficient (Wildman–Crippen LogP) is 3.98. The molecule has 1 rings (SSSR count). The highest BCUT2D eigenvalue weighted by Crippen LogP contribution is 2.23. The third kappa shape index (κ3) is 5.30. The molecule has 2 nitrogen and oxygen atoms in total. The van der Waals surface area contributed by atoms with Crippen LogP contribution in [0.4, 0.5) is 13.2 Å². The molecule has 0 aromatic carbocycles. The zero-order valence-corrected chi connectivity index (χ0v) is 11.4. The summed E-state index contributed by atoms with van der Waals surface area (Å²) in [6.07, 6.45) is 10.3. The molecule has 0 radical (unpaired) electrons. The van der Waals surface area contributed by atoms with Crippen LogP contribution in [-0.2, 0) is 4.79 Å². The lowest BCUT2D eigenvalue weighted by molar-refractivity contribution is -0.108. The van der Waals surface area contributed by atoms with E-state index in [9.17, 15) is 18.0 Å². The lowest BCUT2D eigenvalue weighted by Crippen LogP contribution is -2.17. The first-order valence-electron chi connectivity index (χ1n) is 6.32. The highest BCUT2D eigenvalue weighted by Gasteiger charge is 2.16. The summed E-state index contributed by atoms with van der Waals surface area (Å²) in [6.45, 7) is 2.57. The van der Waals surface area contributed by atoms with Gasteiger partial charge in [-0.2, -0.15) is 0 Å². The summed E-state index contributed by atoms with van der Waals surface area (Å²) in [5, 5.41) is 2.47. The number of nitrogens with one attached hydrogen (secondary N) is 1. The average Bonchev–Trinajstić information content (AvgIpc) is 2.49. The van der Waals surface area contributed by atoms with Crippen molar-refractivity contribution < 1.29 is 18.0 Å². The molecule has 0 aromatic rings. The number of aldehydes is 1. The molecule has 0 heterocycles. The van der Waals surface area contributed by atoms with Crippen molar-refractivity contribution in [1.82, 2.24) is 5.32 Å².